The van der Waals surface area contributed by atoms with E-state index in [1.54, 1.807) is 7.11 Å². The first kappa shape index (κ1) is 16.2. The minimum absolute atomic E-state index is 0.0813. The Labute approximate surface area is 135 Å². The van der Waals surface area contributed by atoms with E-state index in [4.69, 9.17) is 16.3 Å². The maximum atomic E-state index is 11.9. The summed E-state index contributed by atoms with van der Waals surface area (Å²) in [5.41, 5.74) is 2.79. The van der Waals surface area contributed by atoms with Crippen LogP contribution in [-0.2, 0) is 11.3 Å². The van der Waals surface area contributed by atoms with Crippen LogP contribution in [0.4, 0.5) is 5.69 Å². The lowest BCUT2D eigenvalue weighted by molar-refractivity contribution is -0.119. The summed E-state index contributed by atoms with van der Waals surface area (Å²) in [5, 5.41) is 6.64. The number of anilines is 1. The van der Waals surface area contributed by atoms with Gasteiger partial charge in [-0.15, -0.1) is 0 Å². The number of ether oxygens (including phenoxy) is 1. The Morgan fingerprint density at radius 2 is 2.00 bits per heavy atom. The van der Waals surface area contributed by atoms with Crippen molar-refractivity contribution in [3.05, 3.63) is 58.6 Å². The summed E-state index contributed by atoms with van der Waals surface area (Å²) in [6.07, 6.45) is 0. The number of carbonyl (C=O) groups excluding carboxylic acids is 1. The molecule has 2 N–H and O–H groups in total. The van der Waals surface area contributed by atoms with Gasteiger partial charge < -0.3 is 15.4 Å². The summed E-state index contributed by atoms with van der Waals surface area (Å²) in [5.74, 6) is 0.696. The zero-order valence-corrected chi connectivity index (χ0v) is 13.4. The first-order valence-electron chi connectivity index (χ1n) is 6.99. The molecule has 0 bridgehead atoms. The molecule has 1 amide bonds. The number of methoxy groups -OCH3 is 1. The normalized spacial score (nSPS) is 10.1. The van der Waals surface area contributed by atoms with Crippen molar-refractivity contribution in [2.75, 3.05) is 19.0 Å². The Hall–Kier alpha value is -2.20. The molecule has 0 aliphatic heterocycles. The summed E-state index contributed by atoms with van der Waals surface area (Å²) in [4.78, 5) is 11.9. The average molecular weight is 319 g/mol. The molecule has 2 aromatic carbocycles. The van der Waals surface area contributed by atoms with Crippen LogP contribution in [0.15, 0.2) is 42.5 Å². The van der Waals surface area contributed by atoms with Gasteiger partial charge in [0, 0.05) is 17.3 Å². The minimum Gasteiger partial charge on any atom is -0.497 e. The Balaban J connectivity index is 1.84. The highest BCUT2D eigenvalue weighted by molar-refractivity contribution is 6.31. The molecule has 0 spiro atoms. The van der Waals surface area contributed by atoms with E-state index in [1.807, 2.05) is 49.4 Å². The lowest BCUT2D eigenvalue weighted by atomic mass is 10.2. The van der Waals surface area contributed by atoms with E-state index in [0.717, 1.165) is 22.6 Å². The van der Waals surface area contributed by atoms with Crippen LogP contribution in [0, 0.1) is 6.92 Å². The Morgan fingerprint density at radius 1 is 1.23 bits per heavy atom. The van der Waals surface area contributed by atoms with E-state index in [1.165, 1.54) is 0 Å². The number of benzene rings is 2. The molecule has 0 radical (unpaired) electrons. The summed E-state index contributed by atoms with van der Waals surface area (Å²) in [6, 6.07) is 13.2. The van der Waals surface area contributed by atoms with Crippen LogP contribution < -0.4 is 15.4 Å². The van der Waals surface area contributed by atoms with Crippen molar-refractivity contribution >= 4 is 23.2 Å². The van der Waals surface area contributed by atoms with Crippen LogP contribution in [0.2, 0.25) is 5.02 Å². The molecular weight excluding hydrogens is 300 g/mol. The van der Waals surface area contributed by atoms with E-state index in [9.17, 15) is 4.79 Å². The van der Waals surface area contributed by atoms with Gasteiger partial charge in [-0.05, 0) is 42.3 Å². The molecule has 0 aromatic heterocycles. The van der Waals surface area contributed by atoms with Gasteiger partial charge in [-0.1, -0.05) is 29.8 Å². The number of hydrogen-bond acceptors (Lipinski definition) is 3. The molecule has 116 valence electrons. The predicted octanol–water partition coefficient (Wildman–Crippen LogP) is 3.39. The van der Waals surface area contributed by atoms with E-state index < -0.39 is 0 Å². The van der Waals surface area contributed by atoms with Crippen LogP contribution >= 0.6 is 11.6 Å². The molecule has 0 saturated heterocycles. The van der Waals surface area contributed by atoms with Crippen molar-refractivity contribution < 1.29 is 9.53 Å². The van der Waals surface area contributed by atoms with Crippen molar-refractivity contribution in [1.29, 1.82) is 0 Å². The number of amides is 1. The molecule has 4 nitrogen and oxygen atoms in total. The minimum atomic E-state index is -0.0813. The first-order valence-corrected chi connectivity index (χ1v) is 7.36. The Bertz CT molecular complexity index is 659. The fraction of sp³-hybridized carbons (Fsp3) is 0.235. The molecule has 2 aromatic rings. The van der Waals surface area contributed by atoms with Crippen LogP contribution in [0.25, 0.3) is 0 Å². The highest BCUT2D eigenvalue weighted by Crippen LogP contribution is 2.22. The fourth-order valence-corrected chi connectivity index (χ4v) is 2.19. The van der Waals surface area contributed by atoms with Crippen LogP contribution in [0.5, 0.6) is 5.75 Å². The van der Waals surface area contributed by atoms with Crippen molar-refractivity contribution in [2.24, 2.45) is 0 Å². The molecule has 5 heteroatoms. The van der Waals surface area contributed by atoms with Crippen LogP contribution in [-0.4, -0.2) is 19.6 Å². The van der Waals surface area contributed by atoms with Gasteiger partial charge in [-0.3, -0.25) is 4.79 Å². The molecule has 0 unspecified atom stereocenters. The molecule has 2 rings (SSSR count). The van der Waals surface area contributed by atoms with Crippen LogP contribution in [0.3, 0.4) is 0 Å². The van der Waals surface area contributed by atoms with Gasteiger partial charge >= 0.3 is 0 Å². The second-order valence-electron chi connectivity index (χ2n) is 4.89. The number of carbonyl (C=O) groups is 1. The zero-order valence-electron chi connectivity index (χ0n) is 12.7. The molecule has 0 fully saturated rings. The largest absolute Gasteiger partial charge is 0.497 e. The molecule has 0 heterocycles. The SMILES string of the molecule is COc1cccc(CNC(=O)CNc2cccc(Cl)c2C)c1. The molecule has 0 atom stereocenters. The second kappa shape index (κ2) is 7.71. The number of nitrogens with one attached hydrogen (secondary N) is 2. The predicted molar refractivity (Wildman–Crippen MR) is 89.5 cm³/mol. The first-order chi connectivity index (χ1) is 10.6. The lowest BCUT2D eigenvalue weighted by Crippen LogP contribution is -2.29. The van der Waals surface area contributed by atoms with Gasteiger partial charge in [-0.2, -0.15) is 0 Å². The number of hydrogen-bond donors (Lipinski definition) is 2. The maximum Gasteiger partial charge on any atom is 0.239 e. The maximum absolute atomic E-state index is 11.9. The van der Waals surface area contributed by atoms with Gasteiger partial charge in [0.15, 0.2) is 0 Å². The molecule has 0 aliphatic carbocycles. The molecule has 22 heavy (non-hydrogen) atoms. The van der Waals surface area contributed by atoms with E-state index in [2.05, 4.69) is 10.6 Å². The summed E-state index contributed by atoms with van der Waals surface area (Å²) >= 11 is 6.05. The highest BCUT2D eigenvalue weighted by atomic mass is 35.5. The second-order valence-corrected chi connectivity index (χ2v) is 5.30. The quantitative estimate of drug-likeness (QED) is 0.858. The molecular formula is C17H19ClN2O2. The zero-order chi connectivity index (χ0) is 15.9. The number of rotatable bonds is 6. The van der Waals surface area contributed by atoms with Gasteiger partial charge in [0.25, 0.3) is 0 Å². The highest BCUT2D eigenvalue weighted by Gasteiger charge is 2.05. The summed E-state index contributed by atoms with van der Waals surface area (Å²) < 4.78 is 5.15. The third kappa shape index (κ3) is 4.40. The van der Waals surface area contributed by atoms with Gasteiger partial charge in [0.05, 0.1) is 13.7 Å². The molecule has 0 saturated carbocycles. The van der Waals surface area contributed by atoms with Crippen LogP contribution in [0.1, 0.15) is 11.1 Å². The monoisotopic (exact) mass is 318 g/mol. The smallest absolute Gasteiger partial charge is 0.239 e. The van der Waals surface area contributed by atoms with Gasteiger partial charge in [-0.25, -0.2) is 0 Å². The van der Waals surface area contributed by atoms with Crippen molar-refractivity contribution in [2.45, 2.75) is 13.5 Å². The summed E-state index contributed by atoms with van der Waals surface area (Å²) in [7, 11) is 1.62. The summed E-state index contributed by atoms with van der Waals surface area (Å²) in [6.45, 7) is 2.58. The van der Waals surface area contributed by atoms with E-state index in [0.29, 0.717) is 11.6 Å². The van der Waals surface area contributed by atoms with E-state index >= 15 is 0 Å². The average Bonchev–Trinajstić information content (AvgIpc) is 2.54. The van der Waals surface area contributed by atoms with Gasteiger partial charge in [0.2, 0.25) is 5.91 Å². The third-order valence-corrected chi connectivity index (χ3v) is 3.74. The van der Waals surface area contributed by atoms with E-state index in [-0.39, 0.29) is 12.5 Å². The number of halogens is 1. The van der Waals surface area contributed by atoms with Crippen molar-refractivity contribution in [3.63, 3.8) is 0 Å². The van der Waals surface area contributed by atoms with Gasteiger partial charge in [0.1, 0.15) is 5.75 Å². The van der Waals surface area contributed by atoms with Crippen molar-refractivity contribution in [3.8, 4) is 5.75 Å². The molecule has 0 aliphatic rings. The Kier molecular flexibility index (Phi) is 5.67. The standard InChI is InChI=1S/C17H19ClN2O2/c1-12-15(18)7-4-8-16(12)19-11-17(21)20-10-13-5-3-6-14(9-13)22-2/h3-9,19H,10-11H2,1-2H3,(H,20,21). The topological polar surface area (TPSA) is 50.4 Å². The fourth-order valence-electron chi connectivity index (χ4n) is 2.02. The van der Waals surface area contributed by atoms with Crippen molar-refractivity contribution in [1.82, 2.24) is 5.32 Å². The third-order valence-electron chi connectivity index (χ3n) is 3.33. The Morgan fingerprint density at radius 3 is 2.77 bits per heavy atom. The lowest BCUT2D eigenvalue weighted by Gasteiger charge is -2.11.